The highest BCUT2D eigenvalue weighted by atomic mass is 16.4. The first kappa shape index (κ1) is 13.9. The van der Waals surface area contributed by atoms with Crippen molar-refractivity contribution >= 4 is 22.6 Å². The van der Waals surface area contributed by atoms with E-state index >= 15 is 0 Å². The lowest BCUT2D eigenvalue weighted by Crippen LogP contribution is -2.39. The van der Waals surface area contributed by atoms with Crippen molar-refractivity contribution in [2.24, 2.45) is 11.8 Å². The molecular formula is C17H20N2O2. The van der Waals surface area contributed by atoms with Gasteiger partial charge in [-0.05, 0) is 18.3 Å². The van der Waals surface area contributed by atoms with Gasteiger partial charge in [0.2, 0.25) is 0 Å². The Morgan fingerprint density at radius 2 is 1.81 bits per heavy atom. The molecule has 1 aromatic carbocycles. The molecule has 4 nitrogen and oxygen atoms in total. The number of hydrogen-bond acceptors (Lipinski definition) is 3. The van der Waals surface area contributed by atoms with Gasteiger partial charge in [-0.3, -0.25) is 0 Å². The van der Waals surface area contributed by atoms with Crippen LogP contribution >= 0.6 is 0 Å². The maximum atomic E-state index is 11.4. The number of fused-ring (bicyclic) bond motifs is 1. The van der Waals surface area contributed by atoms with Crippen LogP contribution in [0.25, 0.3) is 10.8 Å². The van der Waals surface area contributed by atoms with E-state index in [9.17, 15) is 9.90 Å². The highest BCUT2D eigenvalue weighted by molar-refractivity contribution is 6.06. The molecule has 0 amide bonds. The molecule has 0 aliphatic carbocycles. The Balaban J connectivity index is 2.11. The lowest BCUT2D eigenvalue weighted by Gasteiger charge is -2.36. The summed E-state index contributed by atoms with van der Waals surface area (Å²) in [5, 5.41) is 11.0. The van der Waals surface area contributed by atoms with Gasteiger partial charge in [0.15, 0.2) is 0 Å². The van der Waals surface area contributed by atoms with E-state index in [1.807, 2.05) is 24.3 Å². The molecular weight excluding hydrogens is 264 g/mol. The molecule has 4 heteroatoms. The third-order valence-electron chi connectivity index (χ3n) is 4.17. The van der Waals surface area contributed by atoms with E-state index in [1.54, 1.807) is 0 Å². The molecule has 110 valence electrons. The van der Waals surface area contributed by atoms with Crippen molar-refractivity contribution in [3.63, 3.8) is 0 Å². The summed E-state index contributed by atoms with van der Waals surface area (Å²) in [6, 6.07) is 7.64. The first-order valence-corrected chi connectivity index (χ1v) is 7.42. The van der Waals surface area contributed by atoms with Crippen LogP contribution in [0.15, 0.2) is 30.5 Å². The first-order chi connectivity index (χ1) is 10.1. The normalized spacial score (nSPS) is 22.5. The molecule has 2 heterocycles. The number of hydrogen-bond donors (Lipinski definition) is 1. The fraction of sp³-hybridized carbons (Fsp3) is 0.412. The fourth-order valence-corrected chi connectivity index (χ4v) is 3.44. The number of aromatic nitrogens is 1. The van der Waals surface area contributed by atoms with E-state index in [0.717, 1.165) is 29.7 Å². The average Bonchev–Trinajstić information content (AvgIpc) is 2.44. The van der Waals surface area contributed by atoms with Crippen molar-refractivity contribution in [1.29, 1.82) is 0 Å². The van der Waals surface area contributed by atoms with Gasteiger partial charge in [0.25, 0.3) is 0 Å². The highest BCUT2D eigenvalue weighted by Gasteiger charge is 2.24. The lowest BCUT2D eigenvalue weighted by atomic mass is 9.91. The van der Waals surface area contributed by atoms with Gasteiger partial charge in [-0.2, -0.15) is 0 Å². The molecule has 1 saturated heterocycles. The first-order valence-electron chi connectivity index (χ1n) is 7.42. The molecule has 2 aromatic rings. The SMILES string of the molecule is CC1CC(C)CN(c2ncc(C(=O)O)c3ccccc23)C1. The number of anilines is 1. The Hall–Kier alpha value is -2.10. The maximum absolute atomic E-state index is 11.4. The molecule has 2 unspecified atom stereocenters. The van der Waals surface area contributed by atoms with Crippen LogP contribution in [0.5, 0.6) is 0 Å². The summed E-state index contributed by atoms with van der Waals surface area (Å²) < 4.78 is 0. The van der Waals surface area contributed by atoms with Gasteiger partial charge in [-0.1, -0.05) is 38.1 Å². The minimum atomic E-state index is -0.925. The number of piperidine rings is 1. The van der Waals surface area contributed by atoms with Crippen LogP contribution in [0.3, 0.4) is 0 Å². The standard InChI is InChI=1S/C17H20N2O2/c1-11-7-12(2)10-19(9-11)16-14-6-4-3-5-13(14)15(8-18-16)17(20)21/h3-6,8,11-12H,7,9-10H2,1-2H3,(H,20,21). The maximum Gasteiger partial charge on any atom is 0.337 e. The molecule has 0 spiro atoms. The largest absolute Gasteiger partial charge is 0.478 e. The molecule has 1 aromatic heterocycles. The third kappa shape index (κ3) is 2.58. The van der Waals surface area contributed by atoms with Crippen LogP contribution in [0.1, 0.15) is 30.6 Å². The van der Waals surface area contributed by atoms with Crippen LogP contribution in [-0.2, 0) is 0 Å². The Morgan fingerprint density at radius 3 is 2.43 bits per heavy atom. The number of benzene rings is 1. The van der Waals surface area contributed by atoms with Crippen molar-refractivity contribution in [3.05, 3.63) is 36.0 Å². The zero-order valence-corrected chi connectivity index (χ0v) is 12.4. The molecule has 1 aliphatic rings. The number of aromatic carboxylic acids is 1. The zero-order chi connectivity index (χ0) is 15.0. The molecule has 3 rings (SSSR count). The number of pyridine rings is 1. The Kier molecular flexibility index (Phi) is 3.53. The monoisotopic (exact) mass is 284 g/mol. The minimum Gasteiger partial charge on any atom is -0.478 e. The molecule has 21 heavy (non-hydrogen) atoms. The Morgan fingerprint density at radius 1 is 1.19 bits per heavy atom. The van der Waals surface area contributed by atoms with Crippen LogP contribution in [-0.4, -0.2) is 29.1 Å². The van der Waals surface area contributed by atoms with Crippen molar-refractivity contribution in [3.8, 4) is 0 Å². The van der Waals surface area contributed by atoms with Gasteiger partial charge in [0.05, 0.1) is 5.56 Å². The molecule has 1 aliphatic heterocycles. The van der Waals surface area contributed by atoms with E-state index in [0.29, 0.717) is 11.8 Å². The minimum absolute atomic E-state index is 0.271. The van der Waals surface area contributed by atoms with Gasteiger partial charge in [0, 0.05) is 30.1 Å². The van der Waals surface area contributed by atoms with Gasteiger partial charge < -0.3 is 10.0 Å². The van der Waals surface area contributed by atoms with Crippen LogP contribution in [0.2, 0.25) is 0 Å². The second-order valence-electron chi connectivity index (χ2n) is 6.20. The van der Waals surface area contributed by atoms with E-state index < -0.39 is 5.97 Å². The average molecular weight is 284 g/mol. The summed E-state index contributed by atoms with van der Waals surface area (Å²) in [6.07, 6.45) is 2.73. The van der Waals surface area contributed by atoms with Crippen molar-refractivity contribution < 1.29 is 9.90 Å². The molecule has 2 atom stereocenters. The van der Waals surface area contributed by atoms with Crippen molar-refractivity contribution in [1.82, 2.24) is 4.98 Å². The summed E-state index contributed by atoms with van der Waals surface area (Å²) in [4.78, 5) is 18.1. The predicted molar refractivity (Wildman–Crippen MR) is 83.9 cm³/mol. The summed E-state index contributed by atoms with van der Waals surface area (Å²) >= 11 is 0. The van der Waals surface area contributed by atoms with Gasteiger partial charge in [-0.15, -0.1) is 0 Å². The highest BCUT2D eigenvalue weighted by Crippen LogP contribution is 2.31. The second kappa shape index (κ2) is 5.35. The van der Waals surface area contributed by atoms with Crippen LogP contribution < -0.4 is 4.90 Å². The number of carboxylic acid groups (broad SMARTS) is 1. The van der Waals surface area contributed by atoms with Crippen molar-refractivity contribution in [2.45, 2.75) is 20.3 Å². The van der Waals surface area contributed by atoms with Gasteiger partial charge >= 0.3 is 5.97 Å². The van der Waals surface area contributed by atoms with Crippen molar-refractivity contribution in [2.75, 3.05) is 18.0 Å². The summed E-state index contributed by atoms with van der Waals surface area (Å²) in [5.74, 6) is 1.25. The molecule has 0 radical (unpaired) electrons. The summed E-state index contributed by atoms with van der Waals surface area (Å²) in [7, 11) is 0. The molecule has 0 bridgehead atoms. The molecule has 1 N–H and O–H groups in total. The van der Waals surface area contributed by atoms with E-state index in [2.05, 4.69) is 23.7 Å². The fourth-order valence-electron chi connectivity index (χ4n) is 3.44. The van der Waals surface area contributed by atoms with Crippen LogP contribution in [0, 0.1) is 11.8 Å². The smallest absolute Gasteiger partial charge is 0.337 e. The molecule has 0 saturated carbocycles. The van der Waals surface area contributed by atoms with E-state index in [4.69, 9.17) is 0 Å². The number of carboxylic acids is 1. The van der Waals surface area contributed by atoms with Crippen LogP contribution in [0.4, 0.5) is 5.82 Å². The predicted octanol–water partition coefficient (Wildman–Crippen LogP) is 3.42. The third-order valence-corrected chi connectivity index (χ3v) is 4.17. The van der Waals surface area contributed by atoms with Gasteiger partial charge in [0.1, 0.15) is 5.82 Å². The van der Waals surface area contributed by atoms with Gasteiger partial charge in [-0.25, -0.2) is 9.78 Å². The van der Waals surface area contributed by atoms with E-state index in [1.165, 1.54) is 12.6 Å². The number of rotatable bonds is 2. The second-order valence-corrected chi connectivity index (χ2v) is 6.20. The Labute approximate surface area is 124 Å². The zero-order valence-electron chi connectivity index (χ0n) is 12.4. The Bertz CT molecular complexity index is 674. The number of carbonyl (C=O) groups is 1. The van der Waals surface area contributed by atoms with E-state index in [-0.39, 0.29) is 5.56 Å². The summed E-state index contributed by atoms with van der Waals surface area (Å²) in [6.45, 7) is 6.48. The topological polar surface area (TPSA) is 53.4 Å². The molecule has 1 fully saturated rings. The quantitative estimate of drug-likeness (QED) is 0.918. The lowest BCUT2D eigenvalue weighted by molar-refractivity contribution is 0.0698. The number of nitrogens with zero attached hydrogens (tertiary/aromatic N) is 2. The summed E-state index contributed by atoms with van der Waals surface area (Å²) in [5.41, 5.74) is 0.271.